The number of halogens is 3. The molecule has 2 aromatic carbocycles. The molecule has 0 spiro atoms. The van der Waals surface area contributed by atoms with E-state index in [0.717, 1.165) is 33.5 Å². The van der Waals surface area contributed by atoms with Gasteiger partial charge in [-0.3, -0.25) is 0 Å². The number of anilines is 1. The number of phenolic OH excluding ortho intramolecular Hbond substituents is 1. The maximum Gasteiger partial charge on any atom is 0.426 e. The normalized spacial score (nSPS) is 13.4. The summed E-state index contributed by atoms with van der Waals surface area (Å²) in [5.41, 5.74) is -3.80. The van der Waals surface area contributed by atoms with Crippen LogP contribution in [0.5, 0.6) is 17.2 Å². The number of esters is 1. The summed E-state index contributed by atoms with van der Waals surface area (Å²) >= 11 is 0. The van der Waals surface area contributed by atoms with Crippen LogP contribution in [0.25, 0.3) is 0 Å². The van der Waals surface area contributed by atoms with Crippen molar-refractivity contribution in [3.63, 3.8) is 0 Å². The standard InChI is InChI=1S/C18H18F3NO5/c1-25-13-9-11(10-14(26-2)15(13)23)17(16(24)27-3,18(19,20)21)22-12-7-5-4-6-8-12/h4-10,22-23H,1-3H3/t17-/m1/s1. The zero-order chi connectivity index (χ0) is 20.2. The Bertz CT molecular complexity index is 785. The van der Waals surface area contributed by atoms with Gasteiger partial charge in [-0.1, -0.05) is 18.2 Å². The lowest BCUT2D eigenvalue weighted by Crippen LogP contribution is -2.55. The minimum Gasteiger partial charge on any atom is -0.502 e. The summed E-state index contributed by atoms with van der Waals surface area (Å²) < 4.78 is 57.1. The molecule has 0 radical (unpaired) electrons. The molecule has 6 nitrogen and oxygen atoms in total. The topological polar surface area (TPSA) is 77.0 Å². The Kier molecular flexibility index (Phi) is 5.72. The number of ether oxygens (including phenoxy) is 3. The van der Waals surface area contributed by atoms with Crippen LogP contribution in [0.2, 0.25) is 0 Å². The Morgan fingerprint density at radius 1 is 1.00 bits per heavy atom. The van der Waals surface area contributed by atoms with E-state index in [0.29, 0.717) is 0 Å². The highest BCUT2D eigenvalue weighted by molar-refractivity contribution is 5.88. The van der Waals surface area contributed by atoms with E-state index in [2.05, 4.69) is 10.1 Å². The molecule has 146 valence electrons. The van der Waals surface area contributed by atoms with E-state index < -0.39 is 29.0 Å². The van der Waals surface area contributed by atoms with Gasteiger partial charge in [0.2, 0.25) is 5.75 Å². The van der Waals surface area contributed by atoms with Crippen molar-refractivity contribution in [3.8, 4) is 17.2 Å². The Morgan fingerprint density at radius 3 is 1.93 bits per heavy atom. The zero-order valence-corrected chi connectivity index (χ0v) is 14.8. The Morgan fingerprint density at radius 2 is 1.52 bits per heavy atom. The molecule has 0 saturated heterocycles. The highest BCUT2D eigenvalue weighted by atomic mass is 19.4. The summed E-state index contributed by atoms with van der Waals surface area (Å²) in [5.74, 6) is -2.67. The van der Waals surface area contributed by atoms with E-state index in [1.807, 2.05) is 0 Å². The van der Waals surface area contributed by atoms with Crippen LogP contribution in [-0.4, -0.2) is 38.6 Å². The number of methoxy groups -OCH3 is 3. The smallest absolute Gasteiger partial charge is 0.426 e. The maximum absolute atomic E-state index is 14.2. The van der Waals surface area contributed by atoms with Crippen LogP contribution >= 0.6 is 0 Å². The fraction of sp³-hybridized carbons (Fsp3) is 0.278. The van der Waals surface area contributed by atoms with Crippen molar-refractivity contribution in [2.45, 2.75) is 11.7 Å². The molecule has 0 aliphatic rings. The molecule has 0 aromatic heterocycles. The molecule has 1 atom stereocenters. The van der Waals surface area contributed by atoms with Crippen molar-refractivity contribution in [2.24, 2.45) is 0 Å². The van der Waals surface area contributed by atoms with Crippen LogP contribution in [0, 0.1) is 0 Å². The molecule has 27 heavy (non-hydrogen) atoms. The number of nitrogens with one attached hydrogen (secondary N) is 1. The van der Waals surface area contributed by atoms with E-state index >= 15 is 0 Å². The minimum absolute atomic E-state index is 0.0335. The SMILES string of the molecule is COC(=O)[C@](Nc1ccccc1)(c1cc(OC)c(O)c(OC)c1)C(F)(F)F. The third kappa shape index (κ3) is 3.57. The summed E-state index contributed by atoms with van der Waals surface area (Å²) in [4.78, 5) is 12.4. The summed E-state index contributed by atoms with van der Waals surface area (Å²) in [6.07, 6.45) is -5.11. The molecule has 0 unspecified atom stereocenters. The van der Waals surface area contributed by atoms with Gasteiger partial charge in [0.05, 0.1) is 21.3 Å². The lowest BCUT2D eigenvalue weighted by atomic mass is 9.87. The third-order valence-electron chi connectivity index (χ3n) is 3.94. The number of benzene rings is 2. The highest BCUT2D eigenvalue weighted by Gasteiger charge is 2.63. The Hall–Kier alpha value is -3.10. The average Bonchev–Trinajstić information content (AvgIpc) is 2.65. The second-order valence-electron chi connectivity index (χ2n) is 5.46. The van der Waals surface area contributed by atoms with Gasteiger partial charge in [0, 0.05) is 11.3 Å². The summed E-state index contributed by atoms with van der Waals surface area (Å²) in [5, 5.41) is 12.2. The number of alkyl halides is 3. The van der Waals surface area contributed by atoms with Crippen LogP contribution in [0.3, 0.4) is 0 Å². The monoisotopic (exact) mass is 385 g/mol. The number of hydrogen-bond acceptors (Lipinski definition) is 6. The van der Waals surface area contributed by atoms with Gasteiger partial charge in [-0.05, 0) is 24.3 Å². The van der Waals surface area contributed by atoms with Gasteiger partial charge >= 0.3 is 12.1 Å². The lowest BCUT2D eigenvalue weighted by molar-refractivity contribution is -0.201. The lowest BCUT2D eigenvalue weighted by Gasteiger charge is -2.35. The molecular formula is C18H18F3NO5. The van der Waals surface area contributed by atoms with Gasteiger partial charge in [0.1, 0.15) is 0 Å². The molecule has 0 aliphatic heterocycles. The molecule has 2 aromatic rings. The number of phenols is 1. The predicted octanol–water partition coefficient (Wildman–Crippen LogP) is 3.45. The third-order valence-corrected chi connectivity index (χ3v) is 3.94. The fourth-order valence-electron chi connectivity index (χ4n) is 2.59. The van der Waals surface area contributed by atoms with E-state index in [-0.39, 0.29) is 17.2 Å². The van der Waals surface area contributed by atoms with Crippen LogP contribution in [0.15, 0.2) is 42.5 Å². The molecule has 0 saturated carbocycles. The summed E-state index contributed by atoms with van der Waals surface area (Å²) in [6.45, 7) is 0. The molecule has 0 bridgehead atoms. The predicted molar refractivity (Wildman–Crippen MR) is 91.0 cm³/mol. The zero-order valence-electron chi connectivity index (χ0n) is 14.8. The number of carbonyl (C=O) groups excluding carboxylic acids is 1. The molecule has 0 fully saturated rings. The first kappa shape index (κ1) is 20.2. The largest absolute Gasteiger partial charge is 0.502 e. The van der Waals surface area contributed by atoms with Gasteiger partial charge in [0.25, 0.3) is 5.54 Å². The van der Waals surface area contributed by atoms with Crippen molar-refractivity contribution in [1.82, 2.24) is 0 Å². The van der Waals surface area contributed by atoms with E-state index in [4.69, 9.17) is 9.47 Å². The van der Waals surface area contributed by atoms with Crippen LogP contribution in [0.1, 0.15) is 5.56 Å². The van der Waals surface area contributed by atoms with Gasteiger partial charge in [0.15, 0.2) is 11.5 Å². The summed E-state index contributed by atoms with van der Waals surface area (Å²) in [7, 11) is 3.18. The molecular weight excluding hydrogens is 367 g/mol. The van der Waals surface area contributed by atoms with Crippen molar-refractivity contribution >= 4 is 11.7 Å². The van der Waals surface area contributed by atoms with Crippen molar-refractivity contribution < 1.29 is 37.3 Å². The second kappa shape index (κ2) is 7.65. The van der Waals surface area contributed by atoms with Gasteiger partial charge in [-0.25, -0.2) is 4.79 Å². The van der Waals surface area contributed by atoms with E-state index in [1.54, 1.807) is 6.07 Å². The van der Waals surface area contributed by atoms with Gasteiger partial charge in [-0.2, -0.15) is 13.2 Å². The quantitative estimate of drug-likeness (QED) is 0.742. The van der Waals surface area contributed by atoms with Gasteiger partial charge in [-0.15, -0.1) is 0 Å². The number of para-hydroxylation sites is 1. The number of aromatic hydroxyl groups is 1. The molecule has 2 rings (SSSR count). The molecule has 2 N–H and O–H groups in total. The first-order valence-electron chi connectivity index (χ1n) is 7.65. The molecule has 0 heterocycles. The van der Waals surface area contributed by atoms with Crippen molar-refractivity contribution in [1.29, 1.82) is 0 Å². The Labute approximate surface area is 153 Å². The minimum atomic E-state index is -5.11. The maximum atomic E-state index is 14.2. The van der Waals surface area contributed by atoms with Crippen LogP contribution in [-0.2, 0) is 15.1 Å². The molecule has 0 aliphatic carbocycles. The van der Waals surface area contributed by atoms with Crippen molar-refractivity contribution in [2.75, 3.05) is 26.6 Å². The summed E-state index contributed by atoms with van der Waals surface area (Å²) in [6, 6.07) is 9.19. The van der Waals surface area contributed by atoms with Crippen molar-refractivity contribution in [3.05, 3.63) is 48.0 Å². The molecule has 0 amide bonds. The fourth-order valence-corrected chi connectivity index (χ4v) is 2.59. The van der Waals surface area contributed by atoms with Crippen LogP contribution in [0.4, 0.5) is 18.9 Å². The molecule has 9 heteroatoms. The first-order chi connectivity index (χ1) is 12.7. The van der Waals surface area contributed by atoms with Gasteiger partial charge < -0.3 is 24.6 Å². The number of rotatable bonds is 6. The number of carbonyl (C=O) groups is 1. The highest BCUT2D eigenvalue weighted by Crippen LogP contribution is 2.47. The first-order valence-corrected chi connectivity index (χ1v) is 7.65. The van der Waals surface area contributed by atoms with E-state index in [1.165, 1.54) is 24.3 Å². The second-order valence-corrected chi connectivity index (χ2v) is 5.46. The average molecular weight is 385 g/mol. The number of hydrogen-bond donors (Lipinski definition) is 2. The Balaban J connectivity index is 2.81. The van der Waals surface area contributed by atoms with Crippen LogP contribution < -0.4 is 14.8 Å². The van der Waals surface area contributed by atoms with E-state index in [9.17, 15) is 23.1 Å².